The number of fused-ring (bicyclic) bond motifs is 1. The van der Waals surface area contributed by atoms with Crippen LogP contribution in [-0.2, 0) is 6.54 Å². The van der Waals surface area contributed by atoms with E-state index in [1.165, 1.54) is 11.1 Å². The maximum atomic E-state index is 6.27. The van der Waals surface area contributed by atoms with Crippen LogP contribution in [0.25, 0.3) is 0 Å². The lowest BCUT2D eigenvalue weighted by molar-refractivity contribution is 0.637. The van der Waals surface area contributed by atoms with Gasteiger partial charge in [-0.1, -0.05) is 53.5 Å². The third-order valence-electron chi connectivity index (χ3n) is 3.64. The molecule has 104 valence electrons. The molecule has 0 bridgehead atoms. The van der Waals surface area contributed by atoms with Gasteiger partial charge in [0.15, 0.2) is 0 Å². The Morgan fingerprint density at radius 1 is 1.05 bits per heavy atom. The summed E-state index contributed by atoms with van der Waals surface area (Å²) in [6.07, 6.45) is 1.01. The summed E-state index contributed by atoms with van der Waals surface area (Å²) >= 11 is 12.3. The highest BCUT2D eigenvalue weighted by Crippen LogP contribution is 2.34. The molecule has 2 nitrogen and oxygen atoms in total. The third kappa shape index (κ3) is 2.78. The van der Waals surface area contributed by atoms with Crippen LogP contribution < -0.4 is 10.6 Å². The molecule has 0 aliphatic carbocycles. The van der Waals surface area contributed by atoms with E-state index in [2.05, 4.69) is 34.9 Å². The van der Waals surface area contributed by atoms with Gasteiger partial charge in [0.25, 0.3) is 0 Å². The first kappa shape index (κ1) is 13.7. The number of hydrogen-bond donors (Lipinski definition) is 2. The van der Waals surface area contributed by atoms with Crippen LogP contribution in [0.2, 0.25) is 10.0 Å². The molecule has 1 aliphatic rings. The topological polar surface area (TPSA) is 24.1 Å². The van der Waals surface area contributed by atoms with Crippen molar-refractivity contribution in [3.63, 3.8) is 0 Å². The molecular formula is C16H16Cl2N2. The van der Waals surface area contributed by atoms with Gasteiger partial charge in [-0.15, -0.1) is 0 Å². The van der Waals surface area contributed by atoms with E-state index in [1.54, 1.807) is 6.07 Å². The molecule has 0 aromatic heterocycles. The first-order valence-electron chi connectivity index (χ1n) is 6.75. The van der Waals surface area contributed by atoms with Crippen LogP contribution in [0.3, 0.4) is 0 Å². The molecule has 0 spiro atoms. The maximum absolute atomic E-state index is 6.27. The fourth-order valence-corrected chi connectivity index (χ4v) is 2.97. The van der Waals surface area contributed by atoms with E-state index in [4.69, 9.17) is 23.2 Å². The van der Waals surface area contributed by atoms with Crippen molar-refractivity contribution in [1.82, 2.24) is 5.32 Å². The van der Waals surface area contributed by atoms with Gasteiger partial charge in [0.1, 0.15) is 0 Å². The Hall–Kier alpha value is -1.22. The lowest BCUT2D eigenvalue weighted by Gasteiger charge is -2.21. The molecular weight excluding hydrogens is 291 g/mol. The second kappa shape index (κ2) is 6.04. The average Bonchev–Trinajstić information content (AvgIpc) is 2.67. The first-order chi connectivity index (χ1) is 9.75. The lowest BCUT2D eigenvalue weighted by Crippen LogP contribution is -2.15. The quantitative estimate of drug-likeness (QED) is 0.844. The molecule has 1 heterocycles. The molecule has 0 fully saturated rings. The molecule has 0 saturated heterocycles. The monoisotopic (exact) mass is 306 g/mol. The fraction of sp³-hybridized carbons (Fsp3) is 0.250. The van der Waals surface area contributed by atoms with Crippen molar-refractivity contribution < 1.29 is 0 Å². The molecule has 1 unspecified atom stereocenters. The van der Waals surface area contributed by atoms with Gasteiger partial charge in [-0.3, -0.25) is 0 Å². The predicted octanol–water partition coefficient (Wildman–Crippen LogP) is 4.64. The molecule has 1 aliphatic heterocycles. The van der Waals surface area contributed by atoms with Gasteiger partial charge in [-0.05, 0) is 36.2 Å². The second-order valence-electron chi connectivity index (χ2n) is 4.96. The van der Waals surface area contributed by atoms with Crippen molar-refractivity contribution in [2.24, 2.45) is 0 Å². The largest absolute Gasteiger partial charge is 0.377 e. The Morgan fingerprint density at radius 3 is 2.80 bits per heavy atom. The van der Waals surface area contributed by atoms with Gasteiger partial charge in [-0.2, -0.15) is 0 Å². The summed E-state index contributed by atoms with van der Waals surface area (Å²) in [4.78, 5) is 0. The van der Waals surface area contributed by atoms with Gasteiger partial charge in [0.2, 0.25) is 0 Å². The molecule has 2 aromatic rings. The third-order valence-corrected chi connectivity index (χ3v) is 4.46. The zero-order valence-electron chi connectivity index (χ0n) is 11.0. The van der Waals surface area contributed by atoms with E-state index in [0.717, 1.165) is 25.2 Å². The molecule has 4 heteroatoms. The van der Waals surface area contributed by atoms with Crippen molar-refractivity contribution >= 4 is 28.9 Å². The Labute approximate surface area is 129 Å². The highest BCUT2D eigenvalue weighted by atomic mass is 35.5. The van der Waals surface area contributed by atoms with Crippen LogP contribution in [0.15, 0.2) is 42.5 Å². The van der Waals surface area contributed by atoms with Gasteiger partial charge in [0.05, 0.1) is 21.8 Å². The van der Waals surface area contributed by atoms with Crippen molar-refractivity contribution in [2.75, 3.05) is 11.9 Å². The summed E-state index contributed by atoms with van der Waals surface area (Å²) in [6, 6.07) is 14.4. The number of anilines is 1. The maximum Gasteiger partial charge on any atom is 0.0823 e. The van der Waals surface area contributed by atoms with Crippen molar-refractivity contribution in [1.29, 1.82) is 0 Å². The van der Waals surface area contributed by atoms with E-state index in [0.29, 0.717) is 10.0 Å². The molecule has 20 heavy (non-hydrogen) atoms. The normalized spacial score (nSPS) is 18.2. The fourth-order valence-electron chi connectivity index (χ4n) is 2.61. The Bertz CT molecular complexity index is 613. The predicted molar refractivity (Wildman–Crippen MR) is 85.6 cm³/mol. The van der Waals surface area contributed by atoms with E-state index < -0.39 is 0 Å². The first-order valence-corrected chi connectivity index (χ1v) is 7.50. The average molecular weight is 307 g/mol. The zero-order chi connectivity index (χ0) is 13.9. The Morgan fingerprint density at radius 2 is 1.90 bits per heavy atom. The summed E-state index contributed by atoms with van der Waals surface area (Å²) in [6.45, 7) is 1.89. The molecule has 3 rings (SSSR count). The van der Waals surface area contributed by atoms with Gasteiger partial charge < -0.3 is 10.6 Å². The number of benzene rings is 2. The summed E-state index contributed by atoms with van der Waals surface area (Å²) in [5.74, 6) is 0. The smallest absolute Gasteiger partial charge is 0.0823 e. The van der Waals surface area contributed by atoms with Crippen LogP contribution in [0, 0.1) is 0 Å². The molecule has 0 radical (unpaired) electrons. The standard InChI is InChI=1S/C16H16Cl2N2/c17-13-6-3-7-15(16(13)18)20-14-8-9-19-10-11-4-1-2-5-12(11)14/h1-7,14,19-20H,8-10H2. The van der Waals surface area contributed by atoms with Crippen molar-refractivity contribution in [3.8, 4) is 0 Å². The lowest BCUT2D eigenvalue weighted by atomic mass is 9.99. The minimum Gasteiger partial charge on any atom is -0.377 e. The van der Waals surface area contributed by atoms with E-state index >= 15 is 0 Å². The molecule has 2 aromatic carbocycles. The summed E-state index contributed by atoms with van der Waals surface area (Å²) in [5.41, 5.74) is 3.55. The number of hydrogen-bond acceptors (Lipinski definition) is 2. The van der Waals surface area contributed by atoms with E-state index in [-0.39, 0.29) is 6.04 Å². The second-order valence-corrected chi connectivity index (χ2v) is 5.75. The van der Waals surface area contributed by atoms with Crippen LogP contribution in [0.4, 0.5) is 5.69 Å². The summed E-state index contributed by atoms with van der Waals surface area (Å²) in [5, 5.41) is 8.14. The van der Waals surface area contributed by atoms with Crippen LogP contribution >= 0.6 is 23.2 Å². The summed E-state index contributed by atoms with van der Waals surface area (Å²) in [7, 11) is 0. The SMILES string of the molecule is Clc1cccc(NC2CCNCc3ccccc32)c1Cl. The molecule has 0 saturated carbocycles. The number of halogens is 2. The zero-order valence-corrected chi connectivity index (χ0v) is 12.5. The minimum absolute atomic E-state index is 0.247. The van der Waals surface area contributed by atoms with Gasteiger partial charge in [-0.25, -0.2) is 0 Å². The van der Waals surface area contributed by atoms with Crippen LogP contribution in [-0.4, -0.2) is 6.54 Å². The van der Waals surface area contributed by atoms with E-state index in [1.807, 2.05) is 12.1 Å². The van der Waals surface area contributed by atoms with Crippen molar-refractivity contribution in [2.45, 2.75) is 19.0 Å². The highest BCUT2D eigenvalue weighted by Gasteiger charge is 2.19. The molecule has 0 amide bonds. The van der Waals surface area contributed by atoms with Gasteiger partial charge in [0, 0.05) is 6.54 Å². The number of rotatable bonds is 2. The Balaban J connectivity index is 1.92. The van der Waals surface area contributed by atoms with Crippen LogP contribution in [0.1, 0.15) is 23.6 Å². The molecule has 1 atom stereocenters. The molecule has 2 N–H and O–H groups in total. The van der Waals surface area contributed by atoms with E-state index in [9.17, 15) is 0 Å². The van der Waals surface area contributed by atoms with Crippen LogP contribution in [0.5, 0.6) is 0 Å². The van der Waals surface area contributed by atoms with Crippen molar-refractivity contribution in [3.05, 3.63) is 63.6 Å². The number of nitrogens with one attached hydrogen (secondary N) is 2. The highest BCUT2D eigenvalue weighted by molar-refractivity contribution is 6.43. The Kier molecular flexibility index (Phi) is 4.16. The summed E-state index contributed by atoms with van der Waals surface area (Å²) < 4.78 is 0. The minimum atomic E-state index is 0.247. The van der Waals surface area contributed by atoms with Gasteiger partial charge >= 0.3 is 0 Å².